The Labute approximate surface area is 179 Å². The molecule has 1 saturated carbocycles. The van der Waals surface area contributed by atoms with Crippen LogP contribution in [-0.4, -0.2) is 48.6 Å². The largest absolute Gasteiger partial charge is 0.451 e. The minimum absolute atomic E-state index is 0.179. The van der Waals surface area contributed by atoms with Crippen molar-refractivity contribution < 1.29 is 27.5 Å². The van der Waals surface area contributed by atoms with Crippen LogP contribution in [0.4, 0.5) is 18.9 Å². The Bertz CT molecular complexity index is 909. The minimum atomic E-state index is -4.39. The maximum absolute atomic E-state index is 13.4. The molecule has 3 aliphatic rings. The van der Waals surface area contributed by atoms with E-state index in [1.54, 1.807) is 17.9 Å². The van der Waals surface area contributed by atoms with Crippen LogP contribution in [0.2, 0.25) is 0 Å². The Hall–Kier alpha value is -2.51. The molecule has 1 spiro atoms. The van der Waals surface area contributed by atoms with Crippen molar-refractivity contribution in [2.24, 2.45) is 5.92 Å². The maximum Gasteiger partial charge on any atom is 0.416 e. The quantitative estimate of drug-likeness (QED) is 0.653. The minimum Gasteiger partial charge on any atom is -0.451 e. The highest BCUT2D eigenvalue weighted by atomic mass is 19.4. The lowest BCUT2D eigenvalue weighted by molar-refractivity contribution is -0.151. The average Bonchev–Trinajstić information content (AvgIpc) is 2.99. The van der Waals surface area contributed by atoms with Crippen LogP contribution in [-0.2, 0) is 20.5 Å². The van der Waals surface area contributed by atoms with Crippen LogP contribution < -0.4 is 4.90 Å². The van der Waals surface area contributed by atoms with Crippen LogP contribution in [0.3, 0.4) is 0 Å². The summed E-state index contributed by atoms with van der Waals surface area (Å²) in [4.78, 5) is 29.3. The first-order valence-electron chi connectivity index (χ1n) is 10.8. The smallest absolute Gasteiger partial charge is 0.416 e. The molecule has 168 valence electrons. The van der Waals surface area contributed by atoms with Crippen molar-refractivity contribution in [3.05, 3.63) is 41.0 Å². The third-order valence-corrected chi connectivity index (χ3v) is 6.83. The van der Waals surface area contributed by atoms with Gasteiger partial charge in [-0.25, -0.2) is 4.79 Å². The van der Waals surface area contributed by atoms with Crippen molar-refractivity contribution in [2.75, 3.05) is 31.1 Å². The molecular formula is C23H27F3N2O3. The Morgan fingerprint density at radius 2 is 1.77 bits per heavy atom. The van der Waals surface area contributed by atoms with Gasteiger partial charge in [-0.2, -0.15) is 13.2 Å². The molecule has 0 radical (unpaired) electrons. The third-order valence-electron chi connectivity index (χ3n) is 6.83. The van der Waals surface area contributed by atoms with Gasteiger partial charge in [-0.3, -0.25) is 4.79 Å². The summed E-state index contributed by atoms with van der Waals surface area (Å²) in [6, 6.07) is 5.26. The highest BCUT2D eigenvalue weighted by Crippen LogP contribution is 2.46. The molecule has 0 aromatic heterocycles. The zero-order valence-corrected chi connectivity index (χ0v) is 17.8. The first kappa shape index (κ1) is 21.7. The van der Waals surface area contributed by atoms with Gasteiger partial charge in [0.15, 0.2) is 0 Å². The van der Waals surface area contributed by atoms with Crippen LogP contribution >= 0.6 is 0 Å². The van der Waals surface area contributed by atoms with Crippen LogP contribution in [0, 0.1) is 5.92 Å². The lowest BCUT2D eigenvalue weighted by Crippen LogP contribution is -2.51. The molecule has 2 fully saturated rings. The molecule has 0 unspecified atom stereocenters. The van der Waals surface area contributed by atoms with Gasteiger partial charge in [-0.05, 0) is 56.7 Å². The summed E-state index contributed by atoms with van der Waals surface area (Å²) in [5, 5.41) is 0. The number of piperazine rings is 1. The Kier molecular flexibility index (Phi) is 5.52. The lowest BCUT2D eigenvalue weighted by atomic mass is 9.74. The molecule has 1 aromatic rings. The fourth-order valence-electron chi connectivity index (χ4n) is 4.89. The van der Waals surface area contributed by atoms with E-state index in [-0.39, 0.29) is 5.91 Å². The second-order valence-corrected chi connectivity index (χ2v) is 8.89. The number of carbonyl (C=O) groups excluding carboxylic acids is 2. The van der Waals surface area contributed by atoms with Gasteiger partial charge in [0.1, 0.15) is 5.60 Å². The number of esters is 1. The molecule has 5 nitrogen and oxygen atoms in total. The van der Waals surface area contributed by atoms with Crippen molar-refractivity contribution in [1.82, 2.24) is 4.90 Å². The van der Waals surface area contributed by atoms with E-state index in [2.05, 4.69) is 6.92 Å². The zero-order chi connectivity index (χ0) is 22.4. The average molecular weight is 436 g/mol. The van der Waals surface area contributed by atoms with Gasteiger partial charge in [-0.15, -0.1) is 0 Å². The van der Waals surface area contributed by atoms with Gasteiger partial charge in [0.05, 0.1) is 11.1 Å². The molecular weight excluding hydrogens is 409 g/mol. The second kappa shape index (κ2) is 7.88. The van der Waals surface area contributed by atoms with Gasteiger partial charge in [0.2, 0.25) is 0 Å². The van der Waals surface area contributed by atoms with Crippen LogP contribution in [0.1, 0.15) is 45.1 Å². The molecule has 1 amide bonds. The Morgan fingerprint density at radius 1 is 1.13 bits per heavy atom. The molecule has 8 heteroatoms. The number of ether oxygens (including phenoxy) is 1. The number of hydrogen-bond donors (Lipinski definition) is 0. The van der Waals surface area contributed by atoms with Gasteiger partial charge < -0.3 is 14.5 Å². The van der Waals surface area contributed by atoms with E-state index in [1.807, 2.05) is 4.90 Å². The van der Waals surface area contributed by atoms with E-state index >= 15 is 0 Å². The fourth-order valence-corrected chi connectivity index (χ4v) is 4.89. The maximum atomic E-state index is 13.4. The number of hydrogen-bond acceptors (Lipinski definition) is 4. The molecule has 0 N–H and O–H groups in total. The highest BCUT2D eigenvalue weighted by Gasteiger charge is 2.51. The number of amides is 1. The molecule has 0 bridgehead atoms. The summed E-state index contributed by atoms with van der Waals surface area (Å²) < 4.78 is 44.8. The van der Waals surface area contributed by atoms with Gasteiger partial charge >= 0.3 is 12.1 Å². The van der Waals surface area contributed by atoms with Gasteiger partial charge in [0, 0.05) is 37.4 Å². The Balaban J connectivity index is 1.47. The van der Waals surface area contributed by atoms with Crippen LogP contribution in [0.5, 0.6) is 0 Å². The molecule has 0 atom stereocenters. The normalized spacial score (nSPS) is 27.1. The number of alkyl halides is 3. The highest BCUT2D eigenvalue weighted by molar-refractivity contribution is 6.07. The molecule has 31 heavy (non-hydrogen) atoms. The summed E-state index contributed by atoms with van der Waals surface area (Å²) in [5.74, 6) is -0.0558. The molecule has 1 aromatic carbocycles. The van der Waals surface area contributed by atoms with E-state index in [9.17, 15) is 22.8 Å². The fraction of sp³-hybridized carbons (Fsp3) is 0.565. The van der Waals surface area contributed by atoms with E-state index < -0.39 is 23.3 Å². The first-order chi connectivity index (χ1) is 14.6. The molecule has 4 rings (SSSR count). The third kappa shape index (κ3) is 4.04. The monoisotopic (exact) mass is 436 g/mol. The van der Waals surface area contributed by atoms with Crippen molar-refractivity contribution in [3.63, 3.8) is 0 Å². The molecule has 2 heterocycles. The summed E-state index contributed by atoms with van der Waals surface area (Å²) in [7, 11) is 0. The predicted molar refractivity (Wildman–Crippen MR) is 109 cm³/mol. The van der Waals surface area contributed by atoms with E-state index in [0.29, 0.717) is 61.8 Å². The predicted octanol–water partition coefficient (Wildman–Crippen LogP) is 4.18. The number of carbonyl (C=O) groups is 2. The standard InChI is InChI=1S/C23H27F3N2O3/c1-15-6-8-22(9-7-15)19(16(2)21(30)31-22)20(29)28-12-10-27(11-13-28)18-5-3-4-17(14-18)23(24,25)26/h3-5,14-15H,6-13H2,1-2H3. The lowest BCUT2D eigenvalue weighted by Gasteiger charge is -2.40. The van der Waals surface area contributed by atoms with Crippen molar-refractivity contribution in [3.8, 4) is 0 Å². The van der Waals surface area contributed by atoms with Gasteiger partial charge in [0.25, 0.3) is 5.91 Å². The SMILES string of the molecule is CC1=C(C(=O)N2CCN(c3cccc(C(F)(F)F)c3)CC2)C2(CCC(C)CC2)OC1=O. The summed E-state index contributed by atoms with van der Waals surface area (Å²) >= 11 is 0. The van der Waals surface area contributed by atoms with Crippen molar-refractivity contribution in [2.45, 2.75) is 51.3 Å². The molecule has 1 aliphatic carbocycles. The number of halogens is 3. The number of benzene rings is 1. The van der Waals surface area contributed by atoms with E-state index in [1.165, 1.54) is 6.07 Å². The number of anilines is 1. The summed E-state index contributed by atoms with van der Waals surface area (Å²) in [6.07, 6.45) is -1.27. The topological polar surface area (TPSA) is 49.9 Å². The summed E-state index contributed by atoms with van der Waals surface area (Å²) in [5.41, 5.74) is -0.131. The van der Waals surface area contributed by atoms with Crippen LogP contribution in [0.15, 0.2) is 35.4 Å². The van der Waals surface area contributed by atoms with Gasteiger partial charge in [-0.1, -0.05) is 13.0 Å². The van der Waals surface area contributed by atoms with Crippen LogP contribution in [0.25, 0.3) is 0 Å². The molecule has 2 aliphatic heterocycles. The summed E-state index contributed by atoms with van der Waals surface area (Å²) in [6.45, 7) is 5.44. The van der Waals surface area contributed by atoms with Crippen molar-refractivity contribution in [1.29, 1.82) is 0 Å². The zero-order valence-electron chi connectivity index (χ0n) is 17.8. The first-order valence-corrected chi connectivity index (χ1v) is 10.8. The molecule has 1 saturated heterocycles. The van der Waals surface area contributed by atoms with E-state index in [4.69, 9.17) is 4.74 Å². The Morgan fingerprint density at radius 3 is 2.39 bits per heavy atom. The van der Waals surface area contributed by atoms with Crippen molar-refractivity contribution >= 4 is 17.6 Å². The van der Waals surface area contributed by atoms with E-state index in [0.717, 1.165) is 25.0 Å². The number of rotatable bonds is 2. The number of nitrogens with zero attached hydrogens (tertiary/aromatic N) is 2. The second-order valence-electron chi connectivity index (χ2n) is 8.89.